The number of nitrogens with zero attached hydrogens (tertiary/aromatic N) is 2. The highest BCUT2D eigenvalue weighted by Crippen LogP contribution is 2.62. The van der Waals surface area contributed by atoms with Gasteiger partial charge in [0.25, 0.3) is 0 Å². The number of hydrogen-bond acceptors (Lipinski definition) is 5. The minimum Gasteiger partial charge on any atom is -0.494 e. The number of hydrogen-bond donors (Lipinski definition) is 0. The Morgan fingerprint density at radius 2 is 1.24 bits per heavy atom. The zero-order chi connectivity index (χ0) is 40.5. The maximum Gasteiger partial charge on any atom is 0.460 e. The highest BCUT2D eigenvalue weighted by Gasteiger charge is 2.91. The lowest BCUT2D eigenvalue weighted by atomic mass is 9.89. The Morgan fingerprint density at radius 3 is 1.81 bits per heavy atom. The van der Waals surface area contributed by atoms with E-state index in [1.807, 2.05) is 0 Å². The second-order valence-corrected chi connectivity index (χ2v) is 12.1. The molecule has 54 heavy (non-hydrogen) atoms. The van der Waals surface area contributed by atoms with Crippen LogP contribution in [-0.4, -0.2) is 71.7 Å². The zero-order valence-electron chi connectivity index (χ0n) is 27.5. The Labute approximate surface area is 295 Å². The first-order valence-corrected chi connectivity index (χ1v) is 15.8. The fraction of sp³-hybridized carbons (Fsp3) is 0.515. The van der Waals surface area contributed by atoms with Crippen molar-refractivity contribution in [1.82, 2.24) is 9.97 Å². The molecule has 0 spiro atoms. The van der Waals surface area contributed by atoms with E-state index < -0.39 is 82.8 Å². The number of halogens is 16. The van der Waals surface area contributed by atoms with Gasteiger partial charge in [0, 0.05) is 31.2 Å². The van der Waals surface area contributed by atoms with Crippen molar-refractivity contribution in [3.8, 4) is 34.0 Å². The summed E-state index contributed by atoms with van der Waals surface area (Å²) in [6, 6.07) is 7.68. The van der Waals surface area contributed by atoms with Crippen molar-refractivity contribution >= 4 is 0 Å². The maximum absolute atomic E-state index is 15.5. The van der Waals surface area contributed by atoms with Crippen LogP contribution in [0.25, 0.3) is 22.5 Å². The van der Waals surface area contributed by atoms with Crippen LogP contribution in [0.2, 0.25) is 0 Å². The van der Waals surface area contributed by atoms with Gasteiger partial charge in [-0.25, -0.2) is 14.4 Å². The van der Waals surface area contributed by atoms with Crippen LogP contribution in [-0.2, 0) is 10.7 Å². The predicted octanol–water partition coefficient (Wildman–Crippen LogP) is 10.9. The third-order valence-corrected chi connectivity index (χ3v) is 8.23. The molecule has 3 aromatic rings. The van der Waals surface area contributed by atoms with E-state index in [9.17, 15) is 57.1 Å². The quantitative estimate of drug-likeness (QED) is 0.100. The number of alkyl halides is 15. The van der Waals surface area contributed by atoms with Crippen molar-refractivity contribution in [3.05, 3.63) is 60.2 Å². The van der Waals surface area contributed by atoms with Crippen LogP contribution in [0.15, 0.2) is 48.8 Å². The number of aromatic nitrogens is 2. The van der Waals surface area contributed by atoms with Crippen LogP contribution in [0.5, 0.6) is 11.5 Å². The van der Waals surface area contributed by atoms with Crippen LogP contribution < -0.4 is 9.47 Å². The van der Waals surface area contributed by atoms with E-state index in [0.29, 0.717) is 48.8 Å². The zero-order valence-corrected chi connectivity index (χ0v) is 27.5. The third kappa shape index (κ3) is 7.73. The first kappa shape index (κ1) is 42.7. The summed E-state index contributed by atoms with van der Waals surface area (Å²) >= 11 is 0. The SMILES string of the molecule is CCCCOCCCCOc1ccc(-c2cnc(-c3ccc4c(c3F)C(F)(F)C(CC(F)(F)C(F)(F)C(F)(F)C(F)(F)C(F)(F)C(F)(F)F)O4)nc2)cc1. The lowest BCUT2D eigenvalue weighted by Gasteiger charge is -2.40. The molecule has 0 N–H and O–H groups in total. The smallest absolute Gasteiger partial charge is 0.460 e. The van der Waals surface area contributed by atoms with Gasteiger partial charge in [-0.3, -0.25) is 0 Å². The average molecular weight is 805 g/mol. The summed E-state index contributed by atoms with van der Waals surface area (Å²) in [6.45, 7) is 3.77. The molecule has 300 valence electrons. The minimum atomic E-state index is -8.22. The molecule has 1 aliphatic rings. The average Bonchev–Trinajstić information content (AvgIpc) is 3.34. The molecular weight excluding hydrogens is 776 g/mol. The van der Waals surface area contributed by atoms with Crippen molar-refractivity contribution in [2.24, 2.45) is 0 Å². The van der Waals surface area contributed by atoms with E-state index in [1.165, 1.54) is 0 Å². The van der Waals surface area contributed by atoms with Gasteiger partial charge < -0.3 is 14.2 Å². The highest BCUT2D eigenvalue weighted by molar-refractivity contribution is 5.66. The van der Waals surface area contributed by atoms with Gasteiger partial charge in [-0.2, -0.15) is 65.9 Å². The van der Waals surface area contributed by atoms with Crippen LogP contribution >= 0.6 is 0 Å². The molecule has 0 radical (unpaired) electrons. The van der Waals surface area contributed by atoms with Crippen LogP contribution in [0, 0.1) is 5.82 Å². The molecule has 0 saturated carbocycles. The Hall–Kier alpha value is -4.04. The lowest BCUT2D eigenvalue weighted by Crippen LogP contribution is -2.70. The molecule has 21 heteroatoms. The second-order valence-electron chi connectivity index (χ2n) is 12.1. The molecule has 4 rings (SSSR count). The van der Waals surface area contributed by atoms with Gasteiger partial charge in [0.15, 0.2) is 11.9 Å². The molecule has 2 heterocycles. The lowest BCUT2D eigenvalue weighted by molar-refractivity contribution is -0.441. The van der Waals surface area contributed by atoms with E-state index in [-0.39, 0.29) is 0 Å². The summed E-state index contributed by atoms with van der Waals surface area (Å²) in [6.07, 6.45) is -8.95. The number of ether oxygens (including phenoxy) is 3. The predicted molar refractivity (Wildman–Crippen MR) is 157 cm³/mol. The normalized spacial score (nSPS) is 16.6. The standard InChI is InChI=1S/C33H28F16N2O3/c1-2-3-12-52-13-4-5-14-53-20-8-6-18(7-9-20)19-16-50-26(51-17-19)21-10-11-22-24(25(21)34)28(37,38)23(54-22)15-27(35,36)29(39,40)30(41,42)31(43,44)32(45,46)33(47,48)49/h6-11,16-17,23H,2-5,12-15H2,1H3. The van der Waals surface area contributed by atoms with E-state index >= 15 is 13.2 Å². The summed E-state index contributed by atoms with van der Waals surface area (Å²) < 4.78 is 237. The van der Waals surface area contributed by atoms with Gasteiger partial charge in [-0.1, -0.05) is 25.5 Å². The van der Waals surface area contributed by atoms with Gasteiger partial charge in [0.2, 0.25) is 0 Å². The molecule has 1 aromatic heterocycles. The van der Waals surface area contributed by atoms with E-state index in [0.717, 1.165) is 38.1 Å². The summed E-state index contributed by atoms with van der Waals surface area (Å²) in [5, 5.41) is 0. The maximum atomic E-state index is 15.5. The van der Waals surface area contributed by atoms with Gasteiger partial charge >= 0.3 is 41.7 Å². The Kier molecular flexibility index (Phi) is 12.1. The molecule has 1 atom stereocenters. The molecule has 0 bridgehead atoms. The molecule has 1 unspecified atom stereocenters. The largest absolute Gasteiger partial charge is 0.494 e. The molecular formula is C33H28F16N2O3. The third-order valence-electron chi connectivity index (χ3n) is 8.23. The Morgan fingerprint density at radius 1 is 0.685 bits per heavy atom. The summed E-state index contributed by atoms with van der Waals surface area (Å²) in [5.74, 6) is -47.6. The van der Waals surface area contributed by atoms with Crippen LogP contribution in [0.1, 0.15) is 44.6 Å². The molecule has 2 aromatic carbocycles. The van der Waals surface area contributed by atoms with E-state index in [1.54, 1.807) is 24.3 Å². The second kappa shape index (κ2) is 15.2. The summed E-state index contributed by atoms with van der Waals surface area (Å²) in [7, 11) is 0. The number of rotatable bonds is 17. The fourth-order valence-corrected chi connectivity index (χ4v) is 5.07. The van der Waals surface area contributed by atoms with E-state index in [2.05, 4.69) is 21.6 Å². The summed E-state index contributed by atoms with van der Waals surface area (Å²) in [4.78, 5) is 7.76. The van der Waals surface area contributed by atoms with Crippen molar-refractivity contribution in [3.63, 3.8) is 0 Å². The van der Waals surface area contributed by atoms with Gasteiger partial charge in [0.1, 0.15) is 22.9 Å². The van der Waals surface area contributed by atoms with Gasteiger partial charge in [0.05, 0.1) is 18.6 Å². The highest BCUT2D eigenvalue weighted by atomic mass is 19.4. The molecule has 0 fully saturated rings. The van der Waals surface area contributed by atoms with Gasteiger partial charge in [-0.15, -0.1) is 0 Å². The molecule has 1 aliphatic heterocycles. The minimum absolute atomic E-state index is 0.336. The van der Waals surface area contributed by atoms with Crippen molar-refractivity contribution in [1.29, 1.82) is 0 Å². The molecule has 0 saturated heterocycles. The number of fused-ring (bicyclic) bond motifs is 1. The summed E-state index contributed by atoms with van der Waals surface area (Å²) in [5.41, 5.74) is -1.87. The monoisotopic (exact) mass is 804 g/mol. The van der Waals surface area contributed by atoms with Crippen molar-refractivity contribution in [2.45, 2.75) is 86.8 Å². The molecule has 0 aliphatic carbocycles. The first-order valence-electron chi connectivity index (χ1n) is 15.8. The first-order chi connectivity index (χ1) is 24.8. The number of benzene rings is 2. The van der Waals surface area contributed by atoms with E-state index in [4.69, 9.17) is 9.47 Å². The number of unbranched alkanes of at least 4 members (excludes halogenated alkanes) is 2. The van der Waals surface area contributed by atoms with Gasteiger partial charge in [-0.05, 0) is 49.1 Å². The van der Waals surface area contributed by atoms with Crippen LogP contribution in [0.4, 0.5) is 70.2 Å². The van der Waals surface area contributed by atoms with Crippen LogP contribution in [0.3, 0.4) is 0 Å². The van der Waals surface area contributed by atoms with Crippen molar-refractivity contribution in [2.75, 3.05) is 19.8 Å². The Balaban J connectivity index is 1.48. The van der Waals surface area contributed by atoms with Crippen molar-refractivity contribution < 1.29 is 84.5 Å². The topological polar surface area (TPSA) is 53.5 Å². The fourth-order valence-electron chi connectivity index (χ4n) is 5.07. The molecule has 0 amide bonds. The Bertz CT molecular complexity index is 1730. The molecule has 5 nitrogen and oxygen atoms in total.